The molecule has 1 saturated heterocycles. The van der Waals surface area contributed by atoms with E-state index in [2.05, 4.69) is 17.1 Å². The van der Waals surface area contributed by atoms with Crippen LogP contribution >= 0.6 is 0 Å². The molecule has 32 heavy (non-hydrogen) atoms. The molecule has 1 atom stereocenters. The molecule has 3 rings (SSSR count). The Balaban J connectivity index is 1.58. The Bertz CT molecular complexity index is 1070. The van der Waals surface area contributed by atoms with E-state index in [4.69, 9.17) is 9.26 Å². The van der Waals surface area contributed by atoms with Gasteiger partial charge < -0.3 is 14.2 Å². The fourth-order valence-electron chi connectivity index (χ4n) is 3.82. The van der Waals surface area contributed by atoms with Gasteiger partial charge in [0.05, 0.1) is 0 Å². The van der Waals surface area contributed by atoms with Crippen LogP contribution in [0.1, 0.15) is 46.4 Å². The molecule has 176 valence electrons. The second-order valence-corrected chi connectivity index (χ2v) is 11.4. The highest BCUT2D eigenvalue weighted by atomic mass is 32.2. The van der Waals surface area contributed by atoms with E-state index in [0.717, 1.165) is 25.2 Å². The fourth-order valence-corrected chi connectivity index (χ4v) is 4.54. The minimum Gasteiger partial charge on any atom is -0.444 e. The quantitative estimate of drug-likeness (QED) is 0.652. The van der Waals surface area contributed by atoms with E-state index < -0.39 is 21.3 Å². The maximum Gasteiger partial charge on any atom is 0.410 e. The normalized spacial score (nSPS) is 16.8. The predicted octanol–water partition coefficient (Wildman–Crippen LogP) is 4.10. The number of rotatable bonds is 5. The highest BCUT2D eigenvalue weighted by molar-refractivity contribution is 7.90. The van der Waals surface area contributed by atoms with E-state index in [0.29, 0.717) is 36.9 Å². The van der Waals surface area contributed by atoms with Crippen LogP contribution in [0.3, 0.4) is 0 Å². The van der Waals surface area contributed by atoms with Gasteiger partial charge in [0, 0.05) is 31.3 Å². The van der Waals surface area contributed by atoms with Crippen molar-refractivity contribution in [1.82, 2.24) is 15.0 Å². The third-order valence-electron chi connectivity index (χ3n) is 5.55. The molecule has 1 unspecified atom stereocenters. The van der Waals surface area contributed by atoms with Crippen molar-refractivity contribution in [3.05, 3.63) is 29.9 Å². The minimum atomic E-state index is -3.65. The SMILES string of the molecule is CC(Cc1nc(-c2ccc(S(C)(=O)=O)c(F)c2)no1)C1CCN(C(=O)OC(C)(C)C)CC1. The molecular formula is C22H30FN3O5S. The molecule has 0 spiro atoms. The number of halogens is 1. The van der Waals surface area contributed by atoms with Gasteiger partial charge in [0.2, 0.25) is 11.7 Å². The van der Waals surface area contributed by atoms with Crippen molar-refractivity contribution < 1.29 is 26.9 Å². The van der Waals surface area contributed by atoms with Crippen molar-refractivity contribution in [3.8, 4) is 11.4 Å². The molecule has 1 aromatic carbocycles. The molecule has 8 nitrogen and oxygen atoms in total. The summed E-state index contributed by atoms with van der Waals surface area (Å²) < 4.78 is 48.1. The zero-order valence-corrected chi connectivity index (χ0v) is 19.9. The number of sulfone groups is 1. The molecule has 2 aromatic rings. The van der Waals surface area contributed by atoms with Gasteiger partial charge in [0.1, 0.15) is 16.3 Å². The largest absolute Gasteiger partial charge is 0.444 e. The van der Waals surface area contributed by atoms with Crippen LogP contribution in [-0.4, -0.2) is 54.5 Å². The molecule has 0 saturated carbocycles. The number of carbonyl (C=O) groups is 1. The summed E-state index contributed by atoms with van der Waals surface area (Å²) in [5.74, 6) is 0.464. The van der Waals surface area contributed by atoms with Crippen LogP contribution in [0.25, 0.3) is 11.4 Å². The molecule has 0 bridgehead atoms. The highest BCUT2D eigenvalue weighted by Crippen LogP contribution is 2.29. The first kappa shape index (κ1) is 24.2. The summed E-state index contributed by atoms with van der Waals surface area (Å²) in [4.78, 5) is 18.0. The zero-order valence-electron chi connectivity index (χ0n) is 19.1. The summed E-state index contributed by atoms with van der Waals surface area (Å²) >= 11 is 0. The molecule has 1 aliphatic rings. The first-order chi connectivity index (χ1) is 14.8. The molecule has 0 radical (unpaired) electrons. The van der Waals surface area contributed by atoms with Crippen molar-refractivity contribution in [2.75, 3.05) is 19.3 Å². The second-order valence-electron chi connectivity index (χ2n) is 9.42. The maximum atomic E-state index is 14.2. The molecule has 1 amide bonds. The first-order valence-electron chi connectivity index (χ1n) is 10.6. The van der Waals surface area contributed by atoms with Crippen LogP contribution < -0.4 is 0 Å². The Morgan fingerprint density at radius 2 is 1.97 bits per heavy atom. The van der Waals surface area contributed by atoms with Crippen molar-refractivity contribution in [1.29, 1.82) is 0 Å². The Kier molecular flexibility index (Phi) is 6.92. The highest BCUT2D eigenvalue weighted by Gasteiger charge is 2.30. The third-order valence-corrected chi connectivity index (χ3v) is 6.68. The number of piperidine rings is 1. The number of carbonyl (C=O) groups excluding carboxylic acids is 1. The van der Waals surface area contributed by atoms with E-state index in [1.54, 1.807) is 4.90 Å². The third kappa shape index (κ3) is 6.05. The average molecular weight is 468 g/mol. The number of nitrogens with zero attached hydrogens (tertiary/aromatic N) is 3. The van der Waals surface area contributed by atoms with Gasteiger partial charge in [-0.05, 0) is 63.6 Å². The van der Waals surface area contributed by atoms with Crippen LogP contribution in [0.5, 0.6) is 0 Å². The van der Waals surface area contributed by atoms with Crippen molar-refractivity contribution in [3.63, 3.8) is 0 Å². The lowest BCUT2D eigenvalue weighted by atomic mass is 9.83. The average Bonchev–Trinajstić information content (AvgIpc) is 3.14. The standard InChI is InChI=1S/C22H30FN3O5S/c1-14(15-8-10-26(11-9-15)21(27)30-22(2,3)4)12-19-24-20(25-31-19)16-6-7-18(17(23)13-16)32(5,28)29/h6-7,13-15H,8-12H2,1-5H3. The molecule has 0 aliphatic carbocycles. The fraction of sp³-hybridized carbons (Fsp3) is 0.591. The van der Waals surface area contributed by atoms with Gasteiger partial charge in [-0.15, -0.1) is 0 Å². The van der Waals surface area contributed by atoms with E-state index in [1.807, 2.05) is 20.8 Å². The number of amides is 1. The minimum absolute atomic E-state index is 0.214. The van der Waals surface area contributed by atoms with E-state index in [9.17, 15) is 17.6 Å². The summed E-state index contributed by atoms with van der Waals surface area (Å²) in [5, 5.41) is 3.92. The smallest absolute Gasteiger partial charge is 0.410 e. The predicted molar refractivity (Wildman–Crippen MR) is 116 cm³/mol. The monoisotopic (exact) mass is 467 g/mol. The van der Waals surface area contributed by atoms with Crippen molar-refractivity contribution in [2.45, 2.75) is 57.5 Å². The Morgan fingerprint density at radius 3 is 2.53 bits per heavy atom. The van der Waals surface area contributed by atoms with Crippen molar-refractivity contribution in [2.24, 2.45) is 11.8 Å². The molecule has 2 heterocycles. The number of benzene rings is 1. The van der Waals surface area contributed by atoms with Crippen LogP contribution in [0.4, 0.5) is 9.18 Å². The maximum absolute atomic E-state index is 14.2. The molecule has 1 aliphatic heterocycles. The summed E-state index contributed by atoms with van der Waals surface area (Å²) in [6.45, 7) is 8.96. The van der Waals surface area contributed by atoms with Crippen LogP contribution in [0.2, 0.25) is 0 Å². The van der Waals surface area contributed by atoms with Crippen molar-refractivity contribution >= 4 is 15.9 Å². The zero-order chi connectivity index (χ0) is 23.7. The summed E-state index contributed by atoms with van der Waals surface area (Å²) in [7, 11) is -3.65. The van der Waals surface area contributed by atoms with E-state index in [-0.39, 0.29) is 22.7 Å². The summed E-state index contributed by atoms with van der Waals surface area (Å²) in [6, 6.07) is 3.77. The number of hydrogen-bond acceptors (Lipinski definition) is 7. The Labute approximate surface area is 188 Å². The number of ether oxygens (including phenoxy) is 1. The van der Waals surface area contributed by atoms with Gasteiger partial charge in [0.15, 0.2) is 9.84 Å². The summed E-state index contributed by atoms with van der Waals surface area (Å²) in [6.07, 6.45) is 2.96. The van der Waals surface area contributed by atoms with Gasteiger partial charge in [-0.25, -0.2) is 17.6 Å². The Hall–Kier alpha value is -2.49. The Morgan fingerprint density at radius 1 is 1.31 bits per heavy atom. The van der Waals surface area contributed by atoms with Crippen LogP contribution in [0.15, 0.2) is 27.6 Å². The molecule has 0 N–H and O–H groups in total. The lowest BCUT2D eigenvalue weighted by molar-refractivity contribution is 0.0161. The lowest BCUT2D eigenvalue weighted by Gasteiger charge is -2.35. The number of aromatic nitrogens is 2. The van der Waals surface area contributed by atoms with Gasteiger partial charge >= 0.3 is 6.09 Å². The topological polar surface area (TPSA) is 103 Å². The molecule has 10 heteroatoms. The van der Waals surface area contributed by atoms with Gasteiger partial charge in [0.25, 0.3) is 0 Å². The molecule has 1 aromatic heterocycles. The second kappa shape index (κ2) is 9.17. The lowest BCUT2D eigenvalue weighted by Crippen LogP contribution is -2.42. The van der Waals surface area contributed by atoms with Gasteiger partial charge in [-0.1, -0.05) is 12.1 Å². The van der Waals surface area contributed by atoms with Gasteiger partial charge in [-0.3, -0.25) is 0 Å². The molecular weight excluding hydrogens is 437 g/mol. The number of likely N-dealkylation sites (tertiary alicyclic amines) is 1. The van der Waals surface area contributed by atoms with Gasteiger partial charge in [-0.2, -0.15) is 4.98 Å². The molecule has 1 fully saturated rings. The van der Waals surface area contributed by atoms with Crippen LogP contribution in [-0.2, 0) is 21.0 Å². The summed E-state index contributed by atoms with van der Waals surface area (Å²) in [5.41, 5.74) is -0.159. The van der Waals surface area contributed by atoms with Crippen LogP contribution in [0, 0.1) is 17.7 Å². The number of hydrogen-bond donors (Lipinski definition) is 0. The first-order valence-corrected chi connectivity index (χ1v) is 12.5. The van der Waals surface area contributed by atoms with E-state index >= 15 is 0 Å². The van der Waals surface area contributed by atoms with E-state index in [1.165, 1.54) is 12.1 Å².